The van der Waals surface area contributed by atoms with Gasteiger partial charge in [-0.25, -0.2) is 0 Å². The summed E-state index contributed by atoms with van der Waals surface area (Å²) in [6.45, 7) is 2.64. The molecule has 16 heavy (non-hydrogen) atoms. The fourth-order valence-electron chi connectivity index (χ4n) is 1.24. The molecule has 0 aliphatic carbocycles. The summed E-state index contributed by atoms with van der Waals surface area (Å²) >= 11 is 9.04. The van der Waals surface area contributed by atoms with Crippen LogP contribution in [0.4, 0.5) is 0 Å². The molecule has 2 nitrogen and oxygen atoms in total. The maximum absolute atomic E-state index is 11.6. The largest absolute Gasteiger partial charge is 0.356 e. The fraction of sp³-hybridized carbons (Fsp3) is 0.417. The topological polar surface area (TPSA) is 29.1 Å². The number of alkyl halides is 1. The van der Waals surface area contributed by atoms with Crippen LogP contribution in [0.1, 0.15) is 12.5 Å². The van der Waals surface area contributed by atoms with Gasteiger partial charge in [0.25, 0.3) is 0 Å². The minimum absolute atomic E-state index is 0.0371. The zero-order valence-corrected chi connectivity index (χ0v) is 11.5. The van der Waals surface area contributed by atoms with E-state index in [4.69, 9.17) is 11.6 Å². The fourth-order valence-corrected chi connectivity index (χ4v) is 1.79. The number of nitrogens with one attached hydrogen (secondary N) is 1. The number of carbonyl (C=O) groups is 1. The van der Waals surface area contributed by atoms with E-state index in [-0.39, 0.29) is 5.91 Å². The van der Waals surface area contributed by atoms with Gasteiger partial charge in [0.1, 0.15) is 0 Å². The Bertz CT molecular complexity index is 357. The first kappa shape index (κ1) is 13.5. The molecule has 0 radical (unpaired) electrons. The highest BCUT2D eigenvalue weighted by Crippen LogP contribution is 2.11. The summed E-state index contributed by atoms with van der Waals surface area (Å²) in [5, 5.41) is 2.86. The Hall–Kier alpha value is -0.540. The molecule has 1 aromatic carbocycles. The van der Waals surface area contributed by atoms with Gasteiger partial charge in [-0.05, 0) is 23.6 Å². The molecular formula is C12H15BrClNO. The summed E-state index contributed by atoms with van der Waals surface area (Å²) in [6.07, 6.45) is 0.411. The first-order chi connectivity index (χ1) is 7.61. The van der Waals surface area contributed by atoms with Crippen molar-refractivity contribution in [2.24, 2.45) is 5.92 Å². The van der Waals surface area contributed by atoms with Crippen LogP contribution in [-0.2, 0) is 11.2 Å². The molecule has 1 amide bonds. The molecule has 1 N–H and O–H groups in total. The minimum Gasteiger partial charge on any atom is -0.356 e. The molecule has 1 rings (SSSR count). The molecule has 0 bridgehead atoms. The van der Waals surface area contributed by atoms with Crippen LogP contribution in [0.25, 0.3) is 0 Å². The lowest BCUT2D eigenvalue weighted by Crippen LogP contribution is -2.30. The monoisotopic (exact) mass is 303 g/mol. The predicted molar refractivity (Wildman–Crippen MR) is 70.7 cm³/mol. The van der Waals surface area contributed by atoms with Crippen LogP contribution >= 0.6 is 27.5 Å². The van der Waals surface area contributed by atoms with Gasteiger partial charge in [-0.1, -0.05) is 35.0 Å². The Morgan fingerprint density at radius 2 is 2.31 bits per heavy atom. The number of benzene rings is 1. The van der Waals surface area contributed by atoms with Gasteiger partial charge < -0.3 is 5.32 Å². The van der Waals surface area contributed by atoms with Crippen LogP contribution in [0.5, 0.6) is 0 Å². The third-order valence-corrected chi connectivity index (χ3v) is 3.18. The van der Waals surface area contributed by atoms with E-state index in [0.29, 0.717) is 24.8 Å². The zero-order valence-electron chi connectivity index (χ0n) is 9.17. The van der Waals surface area contributed by atoms with Crippen LogP contribution in [0.3, 0.4) is 0 Å². The van der Waals surface area contributed by atoms with Crippen molar-refractivity contribution in [1.29, 1.82) is 0 Å². The molecule has 0 spiro atoms. The Morgan fingerprint density at radius 1 is 1.56 bits per heavy atom. The molecule has 0 saturated carbocycles. The molecular weight excluding hydrogens is 289 g/mol. The average Bonchev–Trinajstić information content (AvgIpc) is 2.26. The number of rotatable bonds is 5. The lowest BCUT2D eigenvalue weighted by molar-refractivity contribution is -0.120. The van der Waals surface area contributed by atoms with Crippen LogP contribution in [-0.4, -0.2) is 18.3 Å². The molecule has 0 aliphatic rings. The van der Waals surface area contributed by atoms with Crippen molar-refractivity contribution in [3.05, 3.63) is 34.3 Å². The quantitative estimate of drug-likeness (QED) is 0.833. The normalized spacial score (nSPS) is 12.2. The Morgan fingerprint density at radius 3 is 2.94 bits per heavy atom. The molecule has 0 fully saturated rings. The molecule has 88 valence electrons. The first-order valence-electron chi connectivity index (χ1n) is 5.19. The van der Waals surface area contributed by atoms with Crippen molar-refractivity contribution < 1.29 is 4.79 Å². The molecule has 1 aromatic rings. The second kappa shape index (κ2) is 6.92. The van der Waals surface area contributed by atoms with Crippen molar-refractivity contribution >= 4 is 33.4 Å². The second-order valence-electron chi connectivity index (χ2n) is 3.87. The van der Waals surface area contributed by atoms with Gasteiger partial charge in [0, 0.05) is 16.9 Å². The lowest BCUT2D eigenvalue weighted by atomic mass is 10.1. The summed E-state index contributed by atoms with van der Waals surface area (Å²) in [4.78, 5) is 11.6. The average molecular weight is 305 g/mol. The number of halogens is 2. The maximum Gasteiger partial charge on any atom is 0.224 e. The maximum atomic E-state index is 11.6. The molecule has 1 unspecified atom stereocenters. The second-order valence-corrected chi connectivity index (χ2v) is 5.09. The number of amides is 1. The van der Waals surface area contributed by atoms with Gasteiger partial charge >= 0.3 is 0 Å². The minimum atomic E-state index is 0.0371. The smallest absolute Gasteiger partial charge is 0.224 e. The van der Waals surface area contributed by atoms with E-state index in [0.717, 1.165) is 10.0 Å². The van der Waals surface area contributed by atoms with Crippen molar-refractivity contribution in [2.45, 2.75) is 13.3 Å². The molecule has 0 aliphatic heterocycles. The van der Waals surface area contributed by atoms with Crippen molar-refractivity contribution in [2.75, 3.05) is 12.4 Å². The zero-order chi connectivity index (χ0) is 12.0. The molecule has 4 heteroatoms. The van der Waals surface area contributed by atoms with Crippen molar-refractivity contribution in [1.82, 2.24) is 5.32 Å². The number of hydrogen-bond donors (Lipinski definition) is 1. The predicted octanol–water partition coefficient (Wildman–Crippen LogP) is 2.98. The van der Waals surface area contributed by atoms with E-state index < -0.39 is 0 Å². The molecule has 0 saturated heterocycles. The van der Waals surface area contributed by atoms with Crippen molar-refractivity contribution in [3.63, 3.8) is 0 Å². The van der Waals surface area contributed by atoms with E-state index in [2.05, 4.69) is 21.2 Å². The highest BCUT2D eigenvalue weighted by molar-refractivity contribution is 9.10. The summed E-state index contributed by atoms with van der Waals surface area (Å²) in [7, 11) is 0. The van der Waals surface area contributed by atoms with E-state index in [1.54, 1.807) is 0 Å². The Labute approximate surface area is 110 Å². The van der Waals surface area contributed by atoms with E-state index in [1.807, 2.05) is 31.2 Å². The summed E-state index contributed by atoms with van der Waals surface area (Å²) in [5.41, 5.74) is 1.01. The molecule has 0 aromatic heterocycles. The number of hydrogen-bond acceptors (Lipinski definition) is 1. The van der Waals surface area contributed by atoms with E-state index in [1.165, 1.54) is 0 Å². The van der Waals surface area contributed by atoms with Crippen LogP contribution in [0, 0.1) is 5.92 Å². The summed E-state index contributed by atoms with van der Waals surface area (Å²) < 4.78 is 0.993. The summed E-state index contributed by atoms with van der Waals surface area (Å²) in [6, 6.07) is 7.75. The standard InChI is InChI=1S/C12H15BrClNO/c1-9(7-14)8-15-12(16)6-10-3-2-4-11(13)5-10/h2-5,9H,6-8H2,1H3,(H,15,16). The molecule has 1 atom stereocenters. The van der Waals surface area contributed by atoms with Gasteiger partial charge in [-0.3, -0.25) is 4.79 Å². The highest BCUT2D eigenvalue weighted by Gasteiger charge is 2.05. The lowest BCUT2D eigenvalue weighted by Gasteiger charge is -2.09. The van der Waals surface area contributed by atoms with E-state index in [9.17, 15) is 4.79 Å². The first-order valence-corrected chi connectivity index (χ1v) is 6.51. The third-order valence-electron chi connectivity index (χ3n) is 2.16. The number of carbonyl (C=O) groups excluding carboxylic acids is 1. The molecule has 0 heterocycles. The van der Waals surface area contributed by atoms with Gasteiger partial charge in [0.2, 0.25) is 5.91 Å². The van der Waals surface area contributed by atoms with Gasteiger partial charge in [0.05, 0.1) is 6.42 Å². The summed E-state index contributed by atoms with van der Waals surface area (Å²) in [5.74, 6) is 0.917. The highest BCUT2D eigenvalue weighted by atomic mass is 79.9. The van der Waals surface area contributed by atoms with E-state index >= 15 is 0 Å². The van der Waals surface area contributed by atoms with Gasteiger partial charge in [0.15, 0.2) is 0 Å². The third kappa shape index (κ3) is 4.99. The Balaban J connectivity index is 2.40. The van der Waals surface area contributed by atoms with Gasteiger partial charge in [-0.15, -0.1) is 11.6 Å². The Kier molecular flexibility index (Phi) is 5.85. The van der Waals surface area contributed by atoms with Crippen molar-refractivity contribution in [3.8, 4) is 0 Å². The van der Waals surface area contributed by atoms with Crippen LogP contribution < -0.4 is 5.32 Å². The SMILES string of the molecule is CC(CCl)CNC(=O)Cc1cccc(Br)c1. The van der Waals surface area contributed by atoms with Crippen LogP contribution in [0.15, 0.2) is 28.7 Å². The van der Waals surface area contributed by atoms with Gasteiger partial charge in [-0.2, -0.15) is 0 Å². The van der Waals surface area contributed by atoms with Crippen LogP contribution in [0.2, 0.25) is 0 Å².